The van der Waals surface area contributed by atoms with Crippen LogP contribution < -0.4 is 22.6 Å². The number of nitrogen functional groups attached to an aromatic ring is 2. The molecule has 1 saturated carbocycles. The maximum absolute atomic E-state index is 12.9. The number of nitrogens with zero attached hydrogens (tertiary/aromatic N) is 3. The predicted molar refractivity (Wildman–Crippen MR) is 173 cm³/mol. The first kappa shape index (κ1) is 31.2. The van der Waals surface area contributed by atoms with Crippen molar-refractivity contribution in [3.63, 3.8) is 0 Å². The molecule has 8 N–H and O–H groups in total. The highest BCUT2D eigenvalue weighted by molar-refractivity contribution is 6.30. The Bertz CT molecular complexity index is 1940. The Balaban J connectivity index is 0.000000179. The Hall–Kier alpha value is -5.23. The van der Waals surface area contributed by atoms with Gasteiger partial charge in [-0.1, -0.05) is 41.9 Å². The summed E-state index contributed by atoms with van der Waals surface area (Å²) in [6, 6.07) is 19.3. The third-order valence-electron chi connectivity index (χ3n) is 7.52. The van der Waals surface area contributed by atoms with Crippen LogP contribution in [0.1, 0.15) is 46.7 Å². The van der Waals surface area contributed by atoms with Gasteiger partial charge in [0.25, 0.3) is 11.1 Å². The fourth-order valence-electron chi connectivity index (χ4n) is 5.09. The first-order chi connectivity index (χ1) is 21.6. The number of rotatable bonds is 8. The molecule has 1 fully saturated rings. The molecule has 0 unspecified atom stereocenters. The number of H-pyrrole nitrogens is 2. The monoisotopic (exact) mass is 629 g/mol. The van der Waals surface area contributed by atoms with Crippen LogP contribution in [0.5, 0.6) is 0 Å². The molecular weight excluding hydrogens is 597 g/mol. The van der Waals surface area contributed by atoms with Crippen molar-refractivity contribution in [2.45, 2.75) is 44.4 Å². The van der Waals surface area contributed by atoms with Gasteiger partial charge in [-0.3, -0.25) is 35.6 Å². The number of aryl methyl sites for hydroxylation is 2. The van der Waals surface area contributed by atoms with Crippen LogP contribution in [0.25, 0.3) is 11.4 Å². The van der Waals surface area contributed by atoms with Crippen molar-refractivity contribution in [1.82, 2.24) is 24.5 Å². The molecule has 0 radical (unpaired) electrons. The minimum atomic E-state index is -0.355. The van der Waals surface area contributed by atoms with Gasteiger partial charge in [-0.05, 0) is 86.1 Å². The molecule has 2 aromatic carbocycles. The van der Waals surface area contributed by atoms with E-state index in [4.69, 9.17) is 33.9 Å². The van der Waals surface area contributed by atoms with Gasteiger partial charge in [0.05, 0.1) is 11.4 Å². The zero-order chi connectivity index (χ0) is 32.1. The summed E-state index contributed by atoms with van der Waals surface area (Å²) < 4.78 is 15.0. The average molecular weight is 630 g/mol. The van der Waals surface area contributed by atoms with Crippen LogP contribution in [-0.2, 0) is 25.7 Å². The molecular formula is C32H33ClFN9O2. The highest BCUT2D eigenvalue weighted by Crippen LogP contribution is 2.40. The van der Waals surface area contributed by atoms with Gasteiger partial charge in [-0.15, -0.1) is 0 Å². The molecule has 0 atom stereocenters. The molecule has 11 nitrogen and oxygen atoms in total. The molecule has 3 heterocycles. The molecule has 5 aromatic rings. The molecule has 0 amide bonds. The number of pyridine rings is 1. The number of hydrogen-bond acceptors (Lipinski definition) is 5. The SMILES string of the molecule is N=C(N)n1[nH]c(-c2ccccn2)c(CCc2cccc(Cl)c2)c1=O.N=C(N)n1[nH]c(C2CC2)c(CCc2ccc(F)cc2)c1=O. The third kappa shape index (κ3) is 7.47. The maximum Gasteiger partial charge on any atom is 0.277 e. The summed E-state index contributed by atoms with van der Waals surface area (Å²) in [5.41, 5.74) is 15.7. The van der Waals surface area contributed by atoms with Crippen LogP contribution in [0.4, 0.5) is 4.39 Å². The predicted octanol–water partition coefficient (Wildman–Crippen LogP) is 4.14. The van der Waals surface area contributed by atoms with Crippen LogP contribution >= 0.6 is 11.6 Å². The van der Waals surface area contributed by atoms with Crippen LogP contribution in [0.2, 0.25) is 5.02 Å². The summed E-state index contributed by atoms with van der Waals surface area (Å²) in [5, 5.41) is 21.5. The summed E-state index contributed by atoms with van der Waals surface area (Å²) in [6.45, 7) is 0. The minimum Gasteiger partial charge on any atom is -0.368 e. The molecule has 13 heteroatoms. The summed E-state index contributed by atoms with van der Waals surface area (Å²) in [7, 11) is 0. The summed E-state index contributed by atoms with van der Waals surface area (Å²) in [5.74, 6) is -0.541. The number of hydrogen-bond donors (Lipinski definition) is 6. The molecule has 45 heavy (non-hydrogen) atoms. The van der Waals surface area contributed by atoms with E-state index in [0.29, 0.717) is 59.1 Å². The lowest BCUT2D eigenvalue weighted by Crippen LogP contribution is -2.31. The van der Waals surface area contributed by atoms with E-state index in [2.05, 4.69) is 15.2 Å². The van der Waals surface area contributed by atoms with Gasteiger partial charge in [0.15, 0.2) is 0 Å². The molecule has 0 bridgehead atoms. The number of nitrogens with one attached hydrogen (secondary N) is 4. The molecule has 1 aliphatic rings. The van der Waals surface area contributed by atoms with Gasteiger partial charge in [0, 0.05) is 34.0 Å². The Morgan fingerprint density at radius 2 is 1.49 bits per heavy atom. The van der Waals surface area contributed by atoms with Crippen LogP contribution in [0, 0.1) is 16.6 Å². The molecule has 0 aliphatic heterocycles. The van der Waals surface area contributed by atoms with E-state index in [0.717, 1.165) is 39.0 Å². The lowest BCUT2D eigenvalue weighted by Gasteiger charge is -2.03. The quantitative estimate of drug-likeness (QED) is 0.111. The first-order valence-corrected chi connectivity index (χ1v) is 14.8. The summed E-state index contributed by atoms with van der Waals surface area (Å²) in [6.07, 6.45) is 6.12. The molecule has 1 aliphatic carbocycles. The average Bonchev–Trinajstić information content (AvgIpc) is 3.73. The largest absolute Gasteiger partial charge is 0.368 e. The smallest absolute Gasteiger partial charge is 0.277 e. The van der Waals surface area contributed by atoms with E-state index in [1.807, 2.05) is 30.3 Å². The third-order valence-corrected chi connectivity index (χ3v) is 7.76. The number of aromatic amines is 2. The summed E-state index contributed by atoms with van der Waals surface area (Å²) in [4.78, 5) is 29.1. The topological polar surface area (TPSA) is 188 Å². The van der Waals surface area contributed by atoms with E-state index in [1.165, 1.54) is 12.1 Å². The van der Waals surface area contributed by atoms with Gasteiger partial charge in [0.1, 0.15) is 5.82 Å². The van der Waals surface area contributed by atoms with Gasteiger partial charge in [-0.25, -0.2) is 4.39 Å². The Kier molecular flexibility index (Phi) is 9.43. The second-order valence-electron chi connectivity index (χ2n) is 10.8. The Morgan fingerprint density at radius 1 is 0.844 bits per heavy atom. The number of benzene rings is 2. The number of aromatic nitrogens is 5. The zero-order valence-electron chi connectivity index (χ0n) is 24.3. The molecule has 232 valence electrons. The Morgan fingerprint density at radius 3 is 2.11 bits per heavy atom. The lowest BCUT2D eigenvalue weighted by atomic mass is 10.0. The second kappa shape index (κ2) is 13.6. The van der Waals surface area contributed by atoms with E-state index in [-0.39, 0.29) is 28.9 Å². The van der Waals surface area contributed by atoms with Crippen molar-refractivity contribution in [3.05, 3.63) is 132 Å². The van der Waals surface area contributed by atoms with Crippen LogP contribution in [0.15, 0.2) is 82.5 Å². The van der Waals surface area contributed by atoms with Crippen LogP contribution in [-0.4, -0.2) is 36.5 Å². The van der Waals surface area contributed by atoms with Crippen molar-refractivity contribution in [2.75, 3.05) is 0 Å². The van der Waals surface area contributed by atoms with E-state index in [1.54, 1.807) is 30.5 Å². The van der Waals surface area contributed by atoms with Crippen molar-refractivity contribution in [2.24, 2.45) is 11.5 Å². The van der Waals surface area contributed by atoms with Gasteiger partial charge in [-0.2, -0.15) is 9.36 Å². The Labute approximate surface area is 262 Å². The first-order valence-electron chi connectivity index (χ1n) is 14.4. The highest BCUT2D eigenvalue weighted by atomic mass is 35.5. The molecule has 3 aromatic heterocycles. The fourth-order valence-corrected chi connectivity index (χ4v) is 5.30. The highest BCUT2D eigenvalue weighted by Gasteiger charge is 2.30. The van der Waals surface area contributed by atoms with Crippen molar-refractivity contribution in [3.8, 4) is 11.4 Å². The molecule has 6 rings (SSSR count). The number of nitrogens with two attached hydrogens (primary N) is 2. The van der Waals surface area contributed by atoms with Crippen molar-refractivity contribution in [1.29, 1.82) is 10.8 Å². The van der Waals surface area contributed by atoms with Crippen molar-refractivity contribution < 1.29 is 4.39 Å². The van der Waals surface area contributed by atoms with E-state index >= 15 is 0 Å². The van der Waals surface area contributed by atoms with Crippen molar-refractivity contribution >= 4 is 23.5 Å². The number of halogens is 2. The molecule has 0 saturated heterocycles. The van der Waals surface area contributed by atoms with Gasteiger partial charge in [0.2, 0.25) is 11.9 Å². The fraction of sp³-hybridized carbons (Fsp3) is 0.219. The maximum atomic E-state index is 12.9. The standard InChI is InChI=1S/C17H16ClN5O.C15H17FN4O/c18-12-5-3-4-11(10-12)7-8-13-15(14-6-1-2-9-21-14)22-23(16(13)24)17(19)20;16-11-6-1-9(2-7-11)3-8-12-13(10-4-5-10)19-20(14(12)21)15(17)18/h1-6,9-10,22H,7-8H2,(H3,19,20);1-2,6-7,10,19H,3-5,8H2,(H3,17,18). The van der Waals surface area contributed by atoms with E-state index in [9.17, 15) is 14.0 Å². The van der Waals surface area contributed by atoms with E-state index < -0.39 is 0 Å². The van der Waals surface area contributed by atoms with Gasteiger partial charge < -0.3 is 11.5 Å². The van der Waals surface area contributed by atoms with Crippen LogP contribution in [0.3, 0.4) is 0 Å². The summed E-state index contributed by atoms with van der Waals surface area (Å²) >= 11 is 6.00. The molecule has 0 spiro atoms. The zero-order valence-corrected chi connectivity index (χ0v) is 25.1. The normalized spacial score (nSPS) is 12.4. The minimum absolute atomic E-state index is 0.244. The van der Waals surface area contributed by atoms with Gasteiger partial charge >= 0.3 is 0 Å². The lowest BCUT2D eigenvalue weighted by molar-refractivity contribution is 0.627. The second-order valence-corrected chi connectivity index (χ2v) is 11.2.